The zero-order valence-corrected chi connectivity index (χ0v) is 17.8. The molecule has 0 atom stereocenters. The third kappa shape index (κ3) is 4.83. The van der Waals surface area contributed by atoms with E-state index in [1.54, 1.807) is 49.7 Å². The van der Waals surface area contributed by atoms with Crippen LogP contribution in [0.4, 0.5) is 5.69 Å². The minimum Gasteiger partial charge on any atom is -0.496 e. The summed E-state index contributed by atoms with van der Waals surface area (Å²) in [7, 11) is 1.61. The van der Waals surface area contributed by atoms with E-state index in [4.69, 9.17) is 9.15 Å². The zero-order chi connectivity index (χ0) is 21.0. The lowest BCUT2D eigenvalue weighted by Crippen LogP contribution is -2.24. The van der Waals surface area contributed by atoms with E-state index in [-0.39, 0.29) is 18.2 Å². The molecule has 0 fully saturated rings. The van der Waals surface area contributed by atoms with Crippen molar-refractivity contribution in [2.75, 3.05) is 12.4 Å². The maximum atomic E-state index is 12.6. The molecule has 150 valence electrons. The van der Waals surface area contributed by atoms with Gasteiger partial charge in [-0.1, -0.05) is 6.07 Å². The Hall–Kier alpha value is -3.13. The number of hydrogen-bond acceptors (Lipinski definition) is 5. The number of nitrogens with zero attached hydrogens (tertiary/aromatic N) is 1. The van der Waals surface area contributed by atoms with Crippen LogP contribution in [0.15, 0.2) is 51.7 Å². The van der Waals surface area contributed by atoms with Gasteiger partial charge in [-0.05, 0) is 60.1 Å². The van der Waals surface area contributed by atoms with Gasteiger partial charge in [-0.25, -0.2) is 0 Å². The Labute approximate surface area is 176 Å². The predicted molar refractivity (Wildman–Crippen MR) is 112 cm³/mol. The number of ether oxygens (including phenoxy) is 1. The van der Waals surface area contributed by atoms with E-state index in [9.17, 15) is 9.59 Å². The molecule has 3 aromatic rings. The van der Waals surface area contributed by atoms with Crippen LogP contribution < -0.4 is 15.4 Å². The number of methoxy groups -OCH3 is 1. The van der Waals surface area contributed by atoms with Gasteiger partial charge in [0.05, 0.1) is 19.3 Å². The van der Waals surface area contributed by atoms with Crippen molar-refractivity contribution in [1.29, 1.82) is 0 Å². The van der Waals surface area contributed by atoms with Crippen LogP contribution in [0.5, 0.6) is 5.75 Å². The second kappa shape index (κ2) is 8.91. The number of carbonyl (C=O) groups excluding carboxylic acids is 2. The number of amides is 2. The minimum atomic E-state index is -0.403. The van der Waals surface area contributed by atoms with Crippen LogP contribution >= 0.6 is 15.9 Å². The molecule has 0 unspecified atom stereocenters. The third-order valence-corrected chi connectivity index (χ3v) is 4.77. The Bertz CT molecular complexity index is 1060. The summed E-state index contributed by atoms with van der Waals surface area (Å²) >= 11 is 3.16. The standard InChI is InChI=1S/C21H20BrN3O4/c1-12-10-23-16(13(2)19(12)28-3)11-24-20(26)14-5-4-6-15(9-14)25-21(27)17-7-8-18(22)29-17/h4-10H,11H2,1-3H3,(H,24,26)(H,25,27). The highest BCUT2D eigenvalue weighted by Gasteiger charge is 2.14. The van der Waals surface area contributed by atoms with E-state index < -0.39 is 5.91 Å². The molecular weight excluding hydrogens is 438 g/mol. The van der Waals surface area contributed by atoms with Gasteiger partial charge in [-0.2, -0.15) is 0 Å². The van der Waals surface area contributed by atoms with E-state index in [2.05, 4.69) is 31.5 Å². The second-order valence-corrected chi connectivity index (χ2v) is 7.15. The van der Waals surface area contributed by atoms with E-state index in [1.807, 2.05) is 13.8 Å². The number of aromatic nitrogens is 1. The number of carbonyl (C=O) groups is 2. The molecule has 0 radical (unpaired) electrons. The lowest BCUT2D eigenvalue weighted by Gasteiger charge is -2.13. The topological polar surface area (TPSA) is 93.5 Å². The smallest absolute Gasteiger partial charge is 0.291 e. The Kier molecular flexibility index (Phi) is 6.33. The van der Waals surface area contributed by atoms with E-state index in [1.165, 1.54) is 0 Å². The van der Waals surface area contributed by atoms with Crippen LogP contribution in [0.25, 0.3) is 0 Å². The number of furan rings is 1. The van der Waals surface area contributed by atoms with Crippen molar-refractivity contribution in [3.8, 4) is 5.75 Å². The fourth-order valence-corrected chi connectivity index (χ4v) is 3.19. The monoisotopic (exact) mass is 457 g/mol. The number of nitrogens with one attached hydrogen (secondary N) is 2. The molecule has 3 rings (SSSR count). The van der Waals surface area contributed by atoms with Gasteiger partial charge in [0.25, 0.3) is 11.8 Å². The van der Waals surface area contributed by atoms with Crippen LogP contribution in [0.3, 0.4) is 0 Å². The van der Waals surface area contributed by atoms with Crippen molar-refractivity contribution in [3.05, 3.63) is 75.4 Å². The molecule has 0 aliphatic rings. The third-order valence-electron chi connectivity index (χ3n) is 4.35. The fraction of sp³-hybridized carbons (Fsp3) is 0.190. The molecule has 29 heavy (non-hydrogen) atoms. The molecule has 0 spiro atoms. The van der Waals surface area contributed by atoms with Gasteiger partial charge in [-0.15, -0.1) is 0 Å². The number of benzene rings is 1. The van der Waals surface area contributed by atoms with Crippen LogP contribution in [0.2, 0.25) is 0 Å². The maximum absolute atomic E-state index is 12.6. The number of rotatable bonds is 6. The summed E-state index contributed by atoms with van der Waals surface area (Å²) in [5.41, 5.74) is 3.46. The SMILES string of the molecule is COc1c(C)cnc(CNC(=O)c2cccc(NC(=O)c3ccc(Br)o3)c2)c1C. The summed E-state index contributed by atoms with van der Waals surface area (Å²) in [4.78, 5) is 29.1. The molecular formula is C21H20BrN3O4. The van der Waals surface area contributed by atoms with E-state index >= 15 is 0 Å². The van der Waals surface area contributed by atoms with Gasteiger partial charge < -0.3 is 19.8 Å². The molecule has 7 nitrogen and oxygen atoms in total. The van der Waals surface area contributed by atoms with Gasteiger partial charge >= 0.3 is 0 Å². The lowest BCUT2D eigenvalue weighted by atomic mass is 10.1. The first kappa shape index (κ1) is 20.6. The first-order valence-corrected chi connectivity index (χ1v) is 9.62. The van der Waals surface area contributed by atoms with Gasteiger partial charge in [0.1, 0.15) is 5.75 Å². The Balaban J connectivity index is 1.67. The number of aryl methyl sites for hydroxylation is 1. The summed E-state index contributed by atoms with van der Waals surface area (Å²) in [5.74, 6) is 0.252. The molecule has 0 aliphatic carbocycles. The van der Waals surface area contributed by atoms with Crippen molar-refractivity contribution in [1.82, 2.24) is 10.3 Å². The van der Waals surface area contributed by atoms with Crippen molar-refractivity contribution in [2.24, 2.45) is 0 Å². The first-order valence-electron chi connectivity index (χ1n) is 8.83. The Morgan fingerprint density at radius 2 is 1.97 bits per heavy atom. The van der Waals surface area contributed by atoms with E-state index in [0.29, 0.717) is 15.9 Å². The average Bonchev–Trinajstić information content (AvgIpc) is 3.14. The maximum Gasteiger partial charge on any atom is 0.291 e. The largest absolute Gasteiger partial charge is 0.496 e. The molecule has 0 saturated heterocycles. The molecule has 0 bridgehead atoms. The van der Waals surface area contributed by atoms with Crippen LogP contribution in [-0.2, 0) is 6.54 Å². The van der Waals surface area contributed by atoms with Crippen molar-refractivity contribution >= 4 is 33.4 Å². The highest BCUT2D eigenvalue weighted by molar-refractivity contribution is 9.10. The normalized spacial score (nSPS) is 10.5. The average molecular weight is 458 g/mol. The highest BCUT2D eigenvalue weighted by atomic mass is 79.9. The van der Waals surface area contributed by atoms with Gasteiger partial charge in [0.2, 0.25) is 0 Å². The molecule has 0 saturated carbocycles. The highest BCUT2D eigenvalue weighted by Crippen LogP contribution is 2.24. The summed E-state index contributed by atoms with van der Waals surface area (Å²) < 4.78 is 11.1. The van der Waals surface area contributed by atoms with Crippen molar-refractivity contribution < 1.29 is 18.7 Å². The summed E-state index contributed by atoms with van der Waals surface area (Å²) in [6.07, 6.45) is 1.72. The summed E-state index contributed by atoms with van der Waals surface area (Å²) in [5, 5.41) is 5.56. The zero-order valence-electron chi connectivity index (χ0n) is 16.2. The fourth-order valence-electron chi connectivity index (χ4n) is 2.88. The van der Waals surface area contributed by atoms with Crippen LogP contribution in [-0.4, -0.2) is 23.9 Å². The quantitative estimate of drug-likeness (QED) is 0.576. The number of hydrogen-bond donors (Lipinski definition) is 2. The van der Waals surface area contributed by atoms with E-state index in [0.717, 1.165) is 22.6 Å². The molecule has 0 aliphatic heterocycles. The lowest BCUT2D eigenvalue weighted by molar-refractivity contribution is 0.0948. The summed E-state index contributed by atoms with van der Waals surface area (Å²) in [6.45, 7) is 4.09. The van der Waals surface area contributed by atoms with Crippen LogP contribution in [0, 0.1) is 13.8 Å². The van der Waals surface area contributed by atoms with Crippen LogP contribution in [0.1, 0.15) is 37.7 Å². The number of halogens is 1. The predicted octanol–water partition coefficient (Wildman–Crippen LogP) is 4.24. The molecule has 2 N–H and O–H groups in total. The van der Waals surface area contributed by atoms with Gasteiger partial charge in [0, 0.05) is 28.6 Å². The number of pyridine rings is 1. The minimum absolute atomic E-state index is 0.168. The molecule has 2 amide bonds. The Morgan fingerprint density at radius 1 is 1.17 bits per heavy atom. The molecule has 2 heterocycles. The number of anilines is 1. The van der Waals surface area contributed by atoms with Gasteiger partial charge in [-0.3, -0.25) is 14.6 Å². The molecule has 2 aromatic heterocycles. The first-order chi connectivity index (χ1) is 13.9. The molecule has 8 heteroatoms. The second-order valence-electron chi connectivity index (χ2n) is 6.37. The molecule has 1 aromatic carbocycles. The Morgan fingerprint density at radius 3 is 2.66 bits per heavy atom. The van der Waals surface area contributed by atoms with Gasteiger partial charge in [0.15, 0.2) is 10.4 Å². The van der Waals surface area contributed by atoms with Crippen molar-refractivity contribution in [2.45, 2.75) is 20.4 Å². The van der Waals surface area contributed by atoms with Crippen molar-refractivity contribution in [3.63, 3.8) is 0 Å². The summed E-state index contributed by atoms with van der Waals surface area (Å²) in [6, 6.07) is 9.85.